The van der Waals surface area contributed by atoms with Gasteiger partial charge in [0.2, 0.25) is 0 Å². The van der Waals surface area contributed by atoms with Gasteiger partial charge in [0.05, 0.1) is 0 Å². The molecule has 0 rings (SSSR count). The number of hydrogen-bond donors (Lipinski definition) is 0. The molecular formula is C14H26O3. The number of ketones is 1. The first-order valence-corrected chi connectivity index (χ1v) is 6.77. The molecule has 0 bridgehead atoms. The molecule has 0 fully saturated rings. The molecule has 100 valence electrons. The van der Waals surface area contributed by atoms with Crippen molar-refractivity contribution in [3.8, 4) is 0 Å². The van der Waals surface area contributed by atoms with Crippen LogP contribution in [0.2, 0.25) is 0 Å². The van der Waals surface area contributed by atoms with Crippen LogP contribution in [0.25, 0.3) is 0 Å². The molecular weight excluding hydrogens is 216 g/mol. The van der Waals surface area contributed by atoms with E-state index in [9.17, 15) is 9.59 Å². The maximum absolute atomic E-state index is 11.5. The van der Waals surface area contributed by atoms with Crippen molar-refractivity contribution in [2.75, 3.05) is 0 Å². The van der Waals surface area contributed by atoms with E-state index < -0.39 is 6.10 Å². The standard InChI is InChI=1S/C14H26O3/c1-4-5-6-7-8-9-10-11-14(16)12(2)17-13(3)15/h12H,4-11H2,1-3H3. The SMILES string of the molecule is CCCCCCCCCC(=O)C(C)OC(C)=O. The Labute approximate surface area is 105 Å². The first-order chi connectivity index (χ1) is 8.07. The van der Waals surface area contributed by atoms with Crippen LogP contribution < -0.4 is 0 Å². The molecule has 0 aromatic heterocycles. The minimum absolute atomic E-state index is 0.0359. The van der Waals surface area contributed by atoms with E-state index in [1.807, 2.05) is 0 Å². The van der Waals surface area contributed by atoms with Gasteiger partial charge >= 0.3 is 5.97 Å². The third-order valence-electron chi connectivity index (χ3n) is 2.82. The minimum Gasteiger partial charge on any atom is -0.455 e. The highest BCUT2D eigenvalue weighted by atomic mass is 16.5. The summed E-state index contributed by atoms with van der Waals surface area (Å²) in [5.74, 6) is -0.348. The largest absolute Gasteiger partial charge is 0.455 e. The van der Waals surface area contributed by atoms with E-state index in [1.165, 1.54) is 39.0 Å². The summed E-state index contributed by atoms with van der Waals surface area (Å²) in [5, 5.41) is 0. The van der Waals surface area contributed by atoms with E-state index in [2.05, 4.69) is 6.92 Å². The fraction of sp³-hybridized carbons (Fsp3) is 0.857. The zero-order valence-corrected chi connectivity index (χ0v) is 11.5. The molecule has 1 atom stereocenters. The number of carbonyl (C=O) groups is 2. The van der Waals surface area contributed by atoms with Crippen LogP contribution in [0.4, 0.5) is 0 Å². The Morgan fingerprint density at radius 3 is 2.06 bits per heavy atom. The van der Waals surface area contributed by atoms with Crippen molar-refractivity contribution in [3.63, 3.8) is 0 Å². The van der Waals surface area contributed by atoms with E-state index in [1.54, 1.807) is 6.92 Å². The zero-order chi connectivity index (χ0) is 13.1. The molecule has 0 amide bonds. The first kappa shape index (κ1) is 16.1. The van der Waals surface area contributed by atoms with Gasteiger partial charge in [0, 0.05) is 13.3 Å². The van der Waals surface area contributed by atoms with Gasteiger partial charge in [0.15, 0.2) is 11.9 Å². The second-order valence-electron chi connectivity index (χ2n) is 4.59. The second-order valence-corrected chi connectivity index (χ2v) is 4.59. The van der Waals surface area contributed by atoms with Gasteiger partial charge in [-0.1, -0.05) is 45.4 Å². The van der Waals surface area contributed by atoms with E-state index >= 15 is 0 Å². The lowest BCUT2D eigenvalue weighted by Crippen LogP contribution is -2.22. The monoisotopic (exact) mass is 242 g/mol. The quantitative estimate of drug-likeness (QED) is 0.434. The van der Waals surface area contributed by atoms with Gasteiger partial charge in [-0.2, -0.15) is 0 Å². The van der Waals surface area contributed by atoms with Crippen LogP contribution in [0.15, 0.2) is 0 Å². The van der Waals surface area contributed by atoms with Gasteiger partial charge in [-0.25, -0.2) is 0 Å². The van der Waals surface area contributed by atoms with Crippen molar-refractivity contribution in [1.29, 1.82) is 0 Å². The van der Waals surface area contributed by atoms with Crippen molar-refractivity contribution in [2.24, 2.45) is 0 Å². The van der Waals surface area contributed by atoms with Crippen LogP contribution >= 0.6 is 0 Å². The van der Waals surface area contributed by atoms with Crippen LogP contribution in [-0.4, -0.2) is 17.9 Å². The summed E-state index contributed by atoms with van der Waals surface area (Å²) >= 11 is 0. The average Bonchev–Trinajstić information content (AvgIpc) is 2.26. The van der Waals surface area contributed by atoms with Gasteiger partial charge in [-0.15, -0.1) is 0 Å². The maximum Gasteiger partial charge on any atom is 0.303 e. The van der Waals surface area contributed by atoms with Crippen molar-refractivity contribution in [2.45, 2.75) is 78.2 Å². The summed E-state index contributed by atoms with van der Waals surface area (Å²) < 4.78 is 4.83. The predicted octanol–water partition coefficient (Wildman–Crippen LogP) is 3.65. The number of carbonyl (C=O) groups excluding carboxylic acids is 2. The number of ether oxygens (including phenoxy) is 1. The van der Waals surface area contributed by atoms with E-state index in [4.69, 9.17) is 4.74 Å². The zero-order valence-electron chi connectivity index (χ0n) is 11.5. The fourth-order valence-electron chi connectivity index (χ4n) is 1.77. The molecule has 0 saturated heterocycles. The average molecular weight is 242 g/mol. The van der Waals surface area contributed by atoms with Gasteiger partial charge in [0.25, 0.3) is 0 Å². The molecule has 0 aromatic carbocycles. The molecule has 0 spiro atoms. The maximum atomic E-state index is 11.5. The minimum atomic E-state index is -0.576. The van der Waals surface area contributed by atoms with Gasteiger partial charge < -0.3 is 4.74 Å². The Hall–Kier alpha value is -0.860. The predicted molar refractivity (Wildman–Crippen MR) is 68.8 cm³/mol. The summed E-state index contributed by atoms with van der Waals surface area (Å²) in [5.41, 5.74) is 0. The summed E-state index contributed by atoms with van der Waals surface area (Å²) in [6.45, 7) is 5.18. The Bertz CT molecular complexity index is 224. The lowest BCUT2D eigenvalue weighted by Gasteiger charge is -2.10. The van der Waals surface area contributed by atoms with Crippen molar-refractivity contribution < 1.29 is 14.3 Å². The van der Waals surface area contributed by atoms with Crippen LogP contribution in [-0.2, 0) is 14.3 Å². The highest BCUT2D eigenvalue weighted by Gasteiger charge is 2.14. The second kappa shape index (κ2) is 10.3. The number of rotatable bonds is 10. The lowest BCUT2D eigenvalue weighted by atomic mass is 10.1. The summed E-state index contributed by atoms with van der Waals surface area (Å²) in [4.78, 5) is 22.2. The van der Waals surface area contributed by atoms with Gasteiger partial charge in [-0.3, -0.25) is 9.59 Å². The lowest BCUT2D eigenvalue weighted by molar-refractivity contribution is -0.151. The molecule has 3 heteroatoms. The summed E-state index contributed by atoms with van der Waals surface area (Å²) in [6.07, 6.45) is 8.31. The molecule has 0 aliphatic rings. The Morgan fingerprint density at radius 1 is 1.00 bits per heavy atom. The molecule has 0 aliphatic carbocycles. The molecule has 17 heavy (non-hydrogen) atoms. The van der Waals surface area contributed by atoms with Crippen molar-refractivity contribution in [1.82, 2.24) is 0 Å². The highest BCUT2D eigenvalue weighted by molar-refractivity contribution is 5.84. The van der Waals surface area contributed by atoms with Gasteiger partial charge in [-0.05, 0) is 13.3 Å². The molecule has 0 N–H and O–H groups in total. The third kappa shape index (κ3) is 10.0. The van der Waals surface area contributed by atoms with Crippen LogP contribution in [0.3, 0.4) is 0 Å². The Balaban J connectivity index is 3.41. The normalized spacial score (nSPS) is 12.2. The topological polar surface area (TPSA) is 43.4 Å². The van der Waals surface area contributed by atoms with E-state index in [0.717, 1.165) is 12.8 Å². The van der Waals surface area contributed by atoms with Crippen molar-refractivity contribution >= 4 is 11.8 Å². The van der Waals surface area contributed by atoms with Crippen LogP contribution in [0, 0.1) is 0 Å². The molecule has 0 heterocycles. The van der Waals surface area contributed by atoms with Gasteiger partial charge in [0.1, 0.15) is 0 Å². The fourth-order valence-corrected chi connectivity index (χ4v) is 1.77. The van der Waals surface area contributed by atoms with Crippen LogP contribution in [0.1, 0.15) is 72.1 Å². The van der Waals surface area contributed by atoms with E-state index in [-0.39, 0.29) is 11.8 Å². The number of Topliss-reactive ketones (excluding diaryl/α,β-unsaturated/α-hetero) is 1. The Morgan fingerprint density at radius 2 is 1.53 bits per heavy atom. The van der Waals surface area contributed by atoms with Crippen molar-refractivity contribution in [3.05, 3.63) is 0 Å². The molecule has 0 aliphatic heterocycles. The molecule has 0 saturated carbocycles. The first-order valence-electron chi connectivity index (χ1n) is 6.77. The smallest absolute Gasteiger partial charge is 0.303 e. The summed E-state index contributed by atoms with van der Waals surface area (Å²) in [6, 6.07) is 0. The summed E-state index contributed by atoms with van der Waals surface area (Å²) in [7, 11) is 0. The highest BCUT2D eigenvalue weighted by Crippen LogP contribution is 2.10. The molecule has 3 nitrogen and oxygen atoms in total. The Kier molecular flexibility index (Phi) is 9.78. The molecule has 0 radical (unpaired) electrons. The third-order valence-corrected chi connectivity index (χ3v) is 2.82. The number of unbranched alkanes of at least 4 members (excludes halogenated alkanes) is 6. The molecule has 1 unspecified atom stereocenters. The number of esters is 1. The molecule has 0 aromatic rings. The van der Waals surface area contributed by atoms with E-state index in [0.29, 0.717) is 6.42 Å². The van der Waals surface area contributed by atoms with Crippen LogP contribution in [0.5, 0.6) is 0 Å². The number of hydrogen-bond acceptors (Lipinski definition) is 3.